The third-order valence-corrected chi connectivity index (χ3v) is 3.88. The average Bonchev–Trinajstić information content (AvgIpc) is 2.35. The lowest BCUT2D eigenvalue weighted by atomic mass is 9.99. The summed E-state index contributed by atoms with van der Waals surface area (Å²) in [4.78, 5) is 14.3. The van der Waals surface area contributed by atoms with Crippen molar-refractivity contribution in [2.75, 3.05) is 19.8 Å². The van der Waals surface area contributed by atoms with Gasteiger partial charge in [0.25, 0.3) is 0 Å². The Balaban J connectivity index is 2.63. The molecule has 0 aliphatic heterocycles. The molecule has 0 aliphatic rings. The van der Waals surface area contributed by atoms with Crippen LogP contribution in [0.1, 0.15) is 31.7 Å². The Morgan fingerprint density at radius 2 is 2.12 bits per heavy atom. The zero-order valence-electron chi connectivity index (χ0n) is 11.1. The number of hydrogen-bond acceptors (Lipinski definition) is 2. The highest BCUT2D eigenvalue weighted by atomic mass is 32.2. The fourth-order valence-electron chi connectivity index (χ4n) is 1.42. The summed E-state index contributed by atoms with van der Waals surface area (Å²) in [5.41, 5.74) is 1.36. The quantitative estimate of drug-likeness (QED) is 0.748. The van der Waals surface area contributed by atoms with Crippen molar-refractivity contribution in [3.8, 4) is 0 Å². The van der Waals surface area contributed by atoms with Crippen LogP contribution >= 0.6 is 11.8 Å². The van der Waals surface area contributed by atoms with Gasteiger partial charge >= 0.3 is 0 Å². The van der Waals surface area contributed by atoms with Crippen molar-refractivity contribution in [1.29, 1.82) is 0 Å². The summed E-state index contributed by atoms with van der Waals surface area (Å²) < 4.78 is 0. The van der Waals surface area contributed by atoms with Gasteiger partial charge < -0.3 is 4.90 Å². The molecular formula is C14H21NOS. The van der Waals surface area contributed by atoms with Crippen LogP contribution in [0, 0.1) is 0 Å². The Kier molecular flexibility index (Phi) is 5.56. The van der Waals surface area contributed by atoms with Crippen LogP contribution in [0.3, 0.4) is 0 Å². The second kappa shape index (κ2) is 6.70. The number of benzene rings is 1. The van der Waals surface area contributed by atoms with Gasteiger partial charge in [-0.25, -0.2) is 0 Å². The van der Waals surface area contributed by atoms with Crippen molar-refractivity contribution in [3.63, 3.8) is 0 Å². The maximum atomic E-state index is 11.5. The van der Waals surface area contributed by atoms with E-state index in [1.54, 1.807) is 30.8 Å². The first kappa shape index (κ1) is 14.1. The van der Waals surface area contributed by atoms with Gasteiger partial charge in [0.2, 0.25) is 5.91 Å². The number of amides is 1. The number of rotatable bonds is 5. The van der Waals surface area contributed by atoms with Gasteiger partial charge in [0.1, 0.15) is 0 Å². The lowest BCUT2D eigenvalue weighted by Gasteiger charge is -2.12. The molecule has 0 N–H and O–H groups in total. The topological polar surface area (TPSA) is 20.3 Å². The number of hydrogen-bond donors (Lipinski definition) is 0. The van der Waals surface area contributed by atoms with Crippen molar-refractivity contribution in [1.82, 2.24) is 4.90 Å². The van der Waals surface area contributed by atoms with Gasteiger partial charge in [0.05, 0.1) is 5.75 Å². The highest BCUT2D eigenvalue weighted by molar-refractivity contribution is 8.00. The number of nitrogens with zero attached hydrogens (tertiary/aromatic N) is 1. The number of thioether (sulfide) groups is 1. The van der Waals surface area contributed by atoms with E-state index in [1.165, 1.54) is 10.5 Å². The van der Waals surface area contributed by atoms with Gasteiger partial charge in [-0.05, 0) is 30.0 Å². The molecule has 0 spiro atoms. The van der Waals surface area contributed by atoms with Crippen molar-refractivity contribution in [3.05, 3.63) is 29.8 Å². The summed E-state index contributed by atoms with van der Waals surface area (Å²) in [7, 11) is 3.58. The molecule has 0 saturated heterocycles. The Hall–Kier alpha value is -0.960. The Morgan fingerprint density at radius 1 is 1.41 bits per heavy atom. The first-order chi connectivity index (χ1) is 8.04. The molecule has 0 saturated carbocycles. The minimum absolute atomic E-state index is 0.156. The molecule has 1 aromatic carbocycles. The molecule has 17 heavy (non-hydrogen) atoms. The molecule has 0 radical (unpaired) electrons. The standard InChI is InChI=1S/C14H21NOS/c1-5-11(2)12-7-6-8-13(9-12)17-10-14(16)15(3)4/h6-9,11H,5,10H2,1-4H3. The van der Waals surface area contributed by atoms with Crippen LogP contribution in [-0.4, -0.2) is 30.7 Å². The number of carbonyl (C=O) groups excluding carboxylic acids is 1. The summed E-state index contributed by atoms with van der Waals surface area (Å²) in [6.07, 6.45) is 1.14. The van der Waals surface area contributed by atoms with Crippen molar-refractivity contribution < 1.29 is 4.79 Å². The van der Waals surface area contributed by atoms with E-state index in [0.29, 0.717) is 11.7 Å². The van der Waals surface area contributed by atoms with E-state index in [0.717, 1.165) is 6.42 Å². The Labute approximate surface area is 108 Å². The van der Waals surface area contributed by atoms with Gasteiger partial charge in [0.15, 0.2) is 0 Å². The molecule has 0 aliphatic carbocycles. The molecule has 0 bridgehead atoms. The summed E-state index contributed by atoms with van der Waals surface area (Å²) in [6.45, 7) is 4.43. The highest BCUT2D eigenvalue weighted by Gasteiger charge is 2.07. The van der Waals surface area contributed by atoms with Gasteiger partial charge in [0, 0.05) is 19.0 Å². The fraction of sp³-hybridized carbons (Fsp3) is 0.500. The second-order valence-electron chi connectivity index (χ2n) is 4.46. The van der Waals surface area contributed by atoms with Crippen molar-refractivity contribution in [2.45, 2.75) is 31.1 Å². The van der Waals surface area contributed by atoms with E-state index >= 15 is 0 Å². The van der Waals surface area contributed by atoms with Crippen molar-refractivity contribution in [2.24, 2.45) is 0 Å². The molecule has 1 aromatic rings. The molecule has 2 nitrogen and oxygen atoms in total. The van der Waals surface area contributed by atoms with Gasteiger partial charge in [-0.3, -0.25) is 4.79 Å². The first-order valence-corrected chi connectivity index (χ1v) is 6.96. The summed E-state index contributed by atoms with van der Waals surface area (Å²) >= 11 is 1.61. The molecule has 1 unspecified atom stereocenters. The van der Waals surface area contributed by atoms with E-state index in [-0.39, 0.29) is 5.91 Å². The average molecular weight is 251 g/mol. The van der Waals surface area contributed by atoms with Crippen molar-refractivity contribution >= 4 is 17.7 Å². The lowest BCUT2D eigenvalue weighted by molar-refractivity contribution is -0.125. The zero-order valence-corrected chi connectivity index (χ0v) is 11.9. The van der Waals surface area contributed by atoms with E-state index in [2.05, 4.69) is 38.1 Å². The maximum Gasteiger partial charge on any atom is 0.232 e. The van der Waals surface area contributed by atoms with Crippen LogP contribution in [0.5, 0.6) is 0 Å². The summed E-state index contributed by atoms with van der Waals surface area (Å²) in [5, 5.41) is 0. The van der Waals surface area contributed by atoms with Gasteiger partial charge in [-0.1, -0.05) is 26.0 Å². The van der Waals surface area contributed by atoms with Gasteiger partial charge in [-0.2, -0.15) is 0 Å². The molecule has 3 heteroatoms. The summed E-state index contributed by atoms with van der Waals surface area (Å²) in [5.74, 6) is 1.25. The minimum atomic E-state index is 0.156. The normalized spacial score (nSPS) is 12.2. The lowest BCUT2D eigenvalue weighted by Crippen LogP contribution is -2.23. The minimum Gasteiger partial charge on any atom is -0.348 e. The Bertz CT molecular complexity index is 376. The molecular weight excluding hydrogens is 230 g/mol. The van der Waals surface area contributed by atoms with E-state index in [4.69, 9.17) is 0 Å². The maximum absolute atomic E-state index is 11.5. The number of carbonyl (C=O) groups is 1. The van der Waals surface area contributed by atoms with Crippen LogP contribution in [0.4, 0.5) is 0 Å². The predicted molar refractivity (Wildman–Crippen MR) is 74.6 cm³/mol. The third-order valence-electron chi connectivity index (χ3n) is 2.90. The van der Waals surface area contributed by atoms with E-state index in [1.807, 2.05) is 0 Å². The SMILES string of the molecule is CCC(C)c1cccc(SCC(=O)N(C)C)c1. The van der Waals surface area contributed by atoms with E-state index < -0.39 is 0 Å². The molecule has 0 heterocycles. The molecule has 1 atom stereocenters. The molecule has 1 amide bonds. The smallest absolute Gasteiger partial charge is 0.232 e. The zero-order chi connectivity index (χ0) is 12.8. The molecule has 0 fully saturated rings. The van der Waals surface area contributed by atoms with Gasteiger partial charge in [-0.15, -0.1) is 11.8 Å². The largest absolute Gasteiger partial charge is 0.348 e. The van der Waals surface area contributed by atoms with Crippen LogP contribution in [0.25, 0.3) is 0 Å². The summed E-state index contributed by atoms with van der Waals surface area (Å²) in [6, 6.07) is 8.50. The Morgan fingerprint density at radius 3 is 2.71 bits per heavy atom. The van der Waals surface area contributed by atoms with Crippen LogP contribution in [-0.2, 0) is 4.79 Å². The van der Waals surface area contributed by atoms with Crippen LogP contribution < -0.4 is 0 Å². The third kappa shape index (κ3) is 4.43. The molecule has 0 aromatic heterocycles. The second-order valence-corrected chi connectivity index (χ2v) is 5.51. The highest BCUT2D eigenvalue weighted by Crippen LogP contribution is 2.24. The molecule has 1 rings (SSSR count). The van der Waals surface area contributed by atoms with Crippen LogP contribution in [0.2, 0.25) is 0 Å². The predicted octanol–water partition coefficient (Wildman–Crippen LogP) is 3.38. The fourth-order valence-corrected chi connectivity index (χ4v) is 2.36. The molecule has 94 valence electrons. The monoisotopic (exact) mass is 251 g/mol. The first-order valence-electron chi connectivity index (χ1n) is 5.97. The van der Waals surface area contributed by atoms with Crippen LogP contribution in [0.15, 0.2) is 29.2 Å². The van der Waals surface area contributed by atoms with E-state index in [9.17, 15) is 4.79 Å².